The molecule has 1 aromatic heterocycles. The Hall–Kier alpha value is -1.00. The minimum Gasteiger partial charge on any atom is -0.369 e. The second kappa shape index (κ2) is 6.72. The van der Waals surface area contributed by atoms with Crippen LogP contribution < -0.4 is 10.5 Å². The van der Waals surface area contributed by atoms with Gasteiger partial charge in [0.15, 0.2) is 0 Å². The molecular formula is C15H23N3O4S2. The van der Waals surface area contributed by atoms with Crippen LogP contribution in [0.5, 0.6) is 0 Å². The lowest BCUT2D eigenvalue weighted by molar-refractivity contribution is -0.0861. The molecule has 9 heteroatoms. The number of nitrogens with one attached hydrogen (secondary N) is 1. The van der Waals surface area contributed by atoms with Crippen molar-refractivity contribution in [3.05, 3.63) is 21.4 Å². The lowest BCUT2D eigenvalue weighted by atomic mass is 9.86. The molecule has 0 bridgehead atoms. The fourth-order valence-corrected chi connectivity index (χ4v) is 5.35. The van der Waals surface area contributed by atoms with Gasteiger partial charge < -0.3 is 10.1 Å². The maximum atomic E-state index is 12.2. The normalized spacial score (nSPS) is 20.8. The van der Waals surface area contributed by atoms with Crippen molar-refractivity contribution in [2.45, 2.75) is 38.2 Å². The first kappa shape index (κ1) is 17.8. The summed E-state index contributed by atoms with van der Waals surface area (Å²) in [7, 11) is -3.66. The van der Waals surface area contributed by atoms with Crippen molar-refractivity contribution in [2.75, 3.05) is 26.2 Å². The van der Waals surface area contributed by atoms with Crippen molar-refractivity contribution in [1.82, 2.24) is 9.62 Å². The minimum atomic E-state index is -3.66. The molecule has 0 saturated carbocycles. The van der Waals surface area contributed by atoms with Crippen LogP contribution in [0.4, 0.5) is 0 Å². The van der Waals surface area contributed by atoms with E-state index in [2.05, 4.69) is 5.32 Å². The van der Waals surface area contributed by atoms with Gasteiger partial charge >= 0.3 is 0 Å². The number of nitrogens with two attached hydrogens (primary N) is 1. The van der Waals surface area contributed by atoms with Crippen LogP contribution in [0.15, 0.2) is 6.07 Å². The van der Waals surface area contributed by atoms with Gasteiger partial charge in [0.25, 0.3) is 16.1 Å². The van der Waals surface area contributed by atoms with E-state index in [4.69, 9.17) is 9.88 Å². The van der Waals surface area contributed by atoms with Crippen LogP contribution in [0.2, 0.25) is 0 Å². The number of carbonyl (C=O) groups is 1. The van der Waals surface area contributed by atoms with Crippen molar-refractivity contribution in [1.29, 1.82) is 0 Å². The van der Waals surface area contributed by atoms with Crippen molar-refractivity contribution in [3.8, 4) is 0 Å². The zero-order valence-electron chi connectivity index (χ0n) is 13.7. The molecule has 1 fully saturated rings. The lowest BCUT2D eigenvalue weighted by Crippen LogP contribution is -2.49. The molecular weight excluding hydrogens is 350 g/mol. The highest BCUT2D eigenvalue weighted by atomic mass is 32.2. The van der Waals surface area contributed by atoms with Gasteiger partial charge in [0.2, 0.25) is 0 Å². The molecule has 0 unspecified atom stereocenters. The SMILES string of the molecule is CCCNC(=O)c1cc2c(s1)C1(CCN(S(N)(=O)=O)CC1)OCC2. The summed E-state index contributed by atoms with van der Waals surface area (Å²) in [6.45, 7) is 3.95. The van der Waals surface area contributed by atoms with Crippen molar-refractivity contribution >= 4 is 27.5 Å². The number of piperidine rings is 1. The van der Waals surface area contributed by atoms with E-state index in [1.165, 1.54) is 15.6 Å². The fourth-order valence-electron chi connectivity index (χ4n) is 3.33. The van der Waals surface area contributed by atoms with Crippen LogP contribution in [0, 0.1) is 0 Å². The first-order valence-electron chi connectivity index (χ1n) is 8.19. The molecule has 3 rings (SSSR count). The highest BCUT2D eigenvalue weighted by Gasteiger charge is 2.44. The molecule has 24 heavy (non-hydrogen) atoms. The Bertz CT molecular complexity index is 721. The third kappa shape index (κ3) is 3.36. The van der Waals surface area contributed by atoms with Crippen LogP contribution in [-0.2, 0) is 27.0 Å². The number of amides is 1. The molecule has 1 spiro atoms. The molecule has 3 heterocycles. The number of rotatable bonds is 4. The summed E-state index contributed by atoms with van der Waals surface area (Å²) in [4.78, 5) is 14.0. The van der Waals surface area contributed by atoms with E-state index in [0.29, 0.717) is 44.0 Å². The van der Waals surface area contributed by atoms with Crippen molar-refractivity contribution in [3.63, 3.8) is 0 Å². The molecule has 1 amide bonds. The number of hydrogen-bond donors (Lipinski definition) is 2. The molecule has 1 aromatic rings. The summed E-state index contributed by atoms with van der Waals surface area (Å²) in [6, 6.07) is 1.96. The summed E-state index contributed by atoms with van der Waals surface area (Å²) in [5, 5.41) is 8.12. The summed E-state index contributed by atoms with van der Waals surface area (Å²) in [5.41, 5.74) is 0.667. The highest BCUT2D eigenvalue weighted by Crippen LogP contribution is 2.45. The maximum Gasteiger partial charge on any atom is 0.276 e. The Morgan fingerprint density at radius 3 is 2.79 bits per heavy atom. The monoisotopic (exact) mass is 373 g/mol. The highest BCUT2D eigenvalue weighted by molar-refractivity contribution is 7.86. The number of carbonyl (C=O) groups excluding carboxylic acids is 1. The fraction of sp³-hybridized carbons (Fsp3) is 0.667. The summed E-state index contributed by atoms with van der Waals surface area (Å²) in [6.07, 6.45) is 2.81. The summed E-state index contributed by atoms with van der Waals surface area (Å²) in [5.74, 6) is -0.0478. The van der Waals surface area contributed by atoms with Crippen molar-refractivity contribution < 1.29 is 17.9 Å². The predicted molar refractivity (Wildman–Crippen MR) is 92.2 cm³/mol. The summed E-state index contributed by atoms with van der Waals surface area (Å²) >= 11 is 1.47. The zero-order valence-corrected chi connectivity index (χ0v) is 15.3. The van der Waals surface area contributed by atoms with Gasteiger partial charge in [0, 0.05) is 24.5 Å². The molecule has 134 valence electrons. The Morgan fingerprint density at radius 1 is 1.46 bits per heavy atom. The Labute approximate surface area is 146 Å². The number of nitrogens with zero attached hydrogens (tertiary/aromatic N) is 1. The third-order valence-electron chi connectivity index (χ3n) is 4.62. The van der Waals surface area contributed by atoms with Gasteiger partial charge in [0.05, 0.1) is 11.5 Å². The molecule has 0 radical (unpaired) electrons. The number of fused-ring (bicyclic) bond motifs is 2. The van der Waals surface area contributed by atoms with Crippen LogP contribution in [0.1, 0.15) is 46.3 Å². The second-order valence-corrected chi connectivity index (χ2v) is 8.86. The molecule has 7 nitrogen and oxygen atoms in total. The zero-order chi connectivity index (χ0) is 17.4. The van der Waals surface area contributed by atoms with Gasteiger partial charge in [-0.25, -0.2) is 5.14 Å². The lowest BCUT2D eigenvalue weighted by Gasteiger charge is -2.42. The van der Waals surface area contributed by atoms with Crippen LogP contribution in [0.3, 0.4) is 0 Å². The molecule has 0 aromatic carbocycles. The second-order valence-electron chi connectivity index (χ2n) is 6.26. The number of hydrogen-bond acceptors (Lipinski definition) is 5. The third-order valence-corrected chi connectivity index (χ3v) is 7.07. The molecule has 1 saturated heterocycles. The number of thiophene rings is 1. The quantitative estimate of drug-likeness (QED) is 0.820. The molecule has 0 aliphatic carbocycles. The predicted octanol–water partition coefficient (Wildman–Crippen LogP) is 0.955. The van der Waals surface area contributed by atoms with E-state index in [9.17, 15) is 13.2 Å². The van der Waals surface area contributed by atoms with Gasteiger partial charge in [-0.1, -0.05) is 6.92 Å². The minimum absolute atomic E-state index is 0.0478. The van der Waals surface area contributed by atoms with Gasteiger partial charge in [-0.2, -0.15) is 12.7 Å². The Kier molecular flexibility index (Phi) is 4.99. The molecule has 0 atom stereocenters. The summed E-state index contributed by atoms with van der Waals surface area (Å²) < 4.78 is 30.4. The van der Waals surface area contributed by atoms with E-state index in [1.54, 1.807) is 0 Å². The average Bonchev–Trinajstić information content (AvgIpc) is 2.98. The van der Waals surface area contributed by atoms with Crippen LogP contribution >= 0.6 is 11.3 Å². The largest absolute Gasteiger partial charge is 0.369 e. The van der Waals surface area contributed by atoms with E-state index in [0.717, 1.165) is 23.3 Å². The smallest absolute Gasteiger partial charge is 0.276 e. The molecule has 3 N–H and O–H groups in total. The molecule has 2 aliphatic rings. The van der Waals surface area contributed by atoms with Gasteiger partial charge in [-0.05, 0) is 37.3 Å². The molecule has 2 aliphatic heterocycles. The van der Waals surface area contributed by atoms with E-state index < -0.39 is 15.8 Å². The van der Waals surface area contributed by atoms with E-state index in [-0.39, 0.29) is 5.91 Å². The van der Waals surface area contributed by atoms with Gasteiger partial charge in [0.1, 0.15) is 5.60 Å². The van der Waals surface area contributed by atoms with Crippen molar-refractivity contribution in [2.24, 2.45) is 5.14 Å². The first-order valence-corrected chi connectivity index (χ1v) is 10.5. The van der Waals surface area contributed by atoms with Crippen LogP contribution in [-0.4, -0.2) is 44.9 Å². The van der Waals surface area contributed by atoms with Gasteiger partial charge in [-0.3, -0.25) is 4.79 Å². The van der Waals surface area contributed by atoms with E-state index >= 15 is 0 Å². The first-order chi connectivity index (χ1) is 11.4. The maximum absolute atomic E-state index is 12.2. The Balaban J connectivity index is 1.82. The topological polar surface area (TPSA) is 102 Å². The van der Waals surface area contributed by atoms with E-state index in [1.807, 2.05) is 13.0 Å². The standard InChI is InChI=1S/C15H23N3O4S2/c1-2-6-17-14(19)12-10-11-3-9-22-15(13(11)23-12)4-7-18(8-5-15)24(16,20)21/h10H,2-9H2,1H3,(H,17,19)(H2,16,20,21). The van der Waals surface area contributed by atoms with Crippen LogP contribution in [0.25, 0.3) is 0 Å². The average molecular weight is 374 g/mol. The Morgan fingerprint density at radius 2 is 2.17 bits per heavy atom. The number of ether oxygens (including phenoxy) is 1. The van der Waals surface area contributed by atoms with Gasteiger partial charge in [-0.15, -0.1) is 11.3 Å².